The Bertz CT molecular complexity index is 1220. The van der Waals surface area contributed by atoms with E-state index >= 15 is 0 Å². The summed E-state index contributed by atoms with van der Waals surface area (Å²) in [5, 5.41) is 0. The fourth-order valence-corrected chi connectivity index (χ4v) is 6.16. The van der Waals surface area contributed by atoms with Crippen molar-refractivity contribution in [3.63, 3.8) is 0 Å². The van der Waals surface area contributed by atoms with Crippen LogP contribution >= 0.6 is 22.6 Å². The fraction of sp³-hybridized carbons (Fsp3) is 0.514. The van der Waals surface area contributed by atoms with Gasteiger partial charge in [0.2, 0.25) is 0 Å². The van der Waals surface area contributed by atoms with E-state index in [0.29, 0.717) is 0 Å². The van der Waals surface area contributed by atoms with Crippen LogP contribution in [-0.4, -0.2) is 19.6 Å². The van der Waals surface area contributed by atoms with Crippen molar-refractivity contribution in [2.24, 2.45) is 0 Å². The summed E-state index contributed by atoms with van der Waals surface area (Å²) in [4.78, 5) is -0.0666. The van der Waals surface area contributed by atoms with E-state index in [0.717, 1.165) is 24.3 Å². The van der Waals surface area contributed by atoms with Crippen LogP contribution in [0.1, 0.15) is 115 Å². The number of hydrogen-bond acceptors (Lipinski definition) is 3. The Morgan fingerprint density at radius 1 is 0.628 bits per heavy atom. The smallest absolute Gasteiger partial charge is 0.294 e. The van der Waals surface area contributed by atoms with Crippen LogP contribution in [0, 0.1) is 10.5 Å². The number of rotatable bonds is 20. The third kappa shape index (κ3) is 17.2. The average molecular weight is 721 g/mol. The van der Waals surface area contributed by atoms with Gasteiger partial charge in [0.15, 0.2) is 0 Å². The van der Waals surface area contributed by atoms with Gasteiger partial charge in [0.25, 0.3) is 10.1 Å². The van der Waals surface area contributed by atoms with Crippen molar-refractivity contribution in [1.29, 1.82) is 0 Å². The largest absolute Gasteiger partial charge is 0.494 e. The van der Waals surface area contributed by atoms with Crippen LogP contribution in [0.2, 0.25) is 0 Å². The van der Waals surface area contributed by atoms with E-state index < -0.39 is 10.1 Å². The number of aryl methyl sites for hydroxylation is 1. The van der Waals surface area contributed by atoms with Gasteiger partial charge in [-0.3, -0.25) is 4.55 Å². The van der Waals surface area contributed by atoms with Gasteiger partial charge in [-0.1, -0.05) is 151 Å². The van der Waals surface area contributed by atoms with Crippen LogP contribution < -0.4 is 4.74 Å². The molecule has 0 bridgehead atoms. The predicted molar refractivity (Wildman–Crippen MR) is 191 cm³/mol. The molecule has 0 aromatic heterocycles. The topological polar surface area (TPSA) is 63.6 Å². The lowest BCUT2D eigenvalue weighted by Crippen LogP contribution is -1.97. The molecule has 0 aliphatic carbocycles. The molecule has 0 saturated carbocycles. The highest BCUT2D eigenvalue weighted by molar-refractivity contribution is 14.1. The minimum atomic E-state index is -4.02. The van der Waals surface area contributed by atoms with Gasteiger partial charge in [0.05, 0.1) is 11.5 Å². The van der Waals surface area contributed by atoms with Crippen molar-refractivity contribution in [2.45, 2.75) is 121 Å². The number of unbranched alkanes of at least 4 members (excludes halogenated alkanes) is 15. The second-order valence-corrected chi connectivity index (χ2v) is 14.0. The van der Waals surface area contributed by atoms with Gasteiger partial charge in [-0.05, 0) is 77.4 Å². The molecule has 43 heavy (non-hydrogen) atoms. The molecule has 4 nitrogen and oxygen atoms in total. The van der Waals surface area contributed by atoms with Crippen molar-refractivity contribution in [1.82, 2.24) is 0 Å². The van der Waals surface area contributed by atoms with Crippen molar-refractivity contribution in [3.8, 4) is 16.9 Å². The second-order valence-electron chi connectivity index (χ2n) is 11.4. The number of ether oxygens (including phenoxy) is 1. The standard InChI is InChI=1S/C30H45IO.C7H8O3S/c1-2-3-4-5-6-7-8-9-10-11-12-13-14-15-16-19-26-32-28-24-22-27(23-25-28)29-20-17-18-21-30(29)31;1-6-2-4-7(5-3-6)11(8,9)10/h17-18,20-25H,2-16,19,26H2,1H3;2-5H,1H3,(H,8,9,10). The van der Waals surface area contributed by atoms with E-state index in [2.05, 4.69) is 78.0 Å². The lowest BCUT2D eigenvalue weighted by atomic mass is 10.0. The van der Waals surface area contributed by atoms with Crippen molar-refractivity contribution >= 4 is 32.7 Å². The summed E-state index contributed by atoms with van der Waals surface area (Å²) in [6, 6.07) is 23.0. The van der Waals surface area contributed by atoms with Gasteiger partial charge in [-0.2, -0.15) is 8.42 Å². The molecule has 0 aliphatic rings. The summed E-state index contributed by atoms with van der Waals surface area (Å²) in [5.41, 5.74) is 3.50. The molecule has 0 unspecified atom stereocenters. The van der Waals surface area contributed by atoms with Gasteiger partial charge in [0, 0.05) is 3.57 Å². The molecular formula is C37H53IO4S. The first-order chi connectivity index (χ1) is 20.8. The first-order valence-corrected chi connectivity index (χ1v) is 18.8. The Hall–Kier alpha value is -1.90. The quantitative estimate of drug-likeness (QED) is 0.0717. The molecule has 0 saturated heterocycles. The highest BCUT2D eigenvalue weighted by Gasteiger charge is 2.07. The lowest BCUT2D eigenvalue weighted by molar-refractivity contribution is 0.304. The number of halogens is 1. The van der Waals surface area contributed by atoms with Crippen molar-refractivity contribution in [3.05, 3.63) is 81.9 Å². The van der Waals surface area contributed by atoms with E-state index in [1.54, 1.807) is 12.1 Å². The van der Waals surface area contributed by atoms with Gasteiger partial charge >= 0.3 is 0 Å². The Kier molecular flexibility index (Phi) is 19.6. The minimum absolute atomic E-state index is 0.0666. The third-order valence-electron chi connectivity index (χ3n) is 7.62. The first kappa shape index (κ1) is 37.3. The fourth-order valence-electron chi connectivity index (χ4n) is 4.98. The van der Waals surface area contributed by atoms with E-state index in [4.69, 9.17) is 9.29 Å². The number of hydrogen-bond donors (Lipinski definition) is 1. The normalized spacial score (nSPS) is 11.2. The molecule has 0 aliphatic heterocycles. The van der Waals surface area contributed by atoms with Crippen molar-refractivity contribution < 1.29 is 17.7 Å². The second kappa shape index (κ2) is 22.6. The molecule has 3 rings (SSSR count). The molecule has 1 N–H and O–H groups in total. The third-order valence-corrected chi connectivity index (χ3v) is 9.43. The molecule has 0 fully saturated rings. The van der Waals surface area contributed by atoms with Crippen LogP contribution in [0.5, 0.6) is 5.75 Å². The van der Waals surface area contributed by atoms with Gasteiger partial charge < -0.3 is 4.74 Å². The van der Waals surface area contributed by atoms with Crippen LogP contribution in [0.15, 0.2) is 77.7 Å². The van der Waals surface area contributed by atoms with Crippen LogP contribution in [0.25, 0.3) is 11.1 Å². The summed E-state index contributed by atoms with van der Waals surface area (Å²) < 4.78 is 36.8. The zero-order valence-corrected chi connectivity index (χ0v) is 29.4. The summed E-state index contributed by atoms with van der Waals surface area (Å²) >= 11 is 2.40. The molecule has 0 radical (unpaired) electrons. The Balaban J connectivity index is 0.000000490. The number of benzene rings is 3. The Labute approximate surface area is 275 Å². The highest BCUT2D eigenvalue weighted by Crippen LogP contribution is 2.27. The Morgan fingerprint density at radius 3 is 1.56 bits per heavy atom. The van der Waals surface area contributed by atoms with Crippen molar-refractivity contribution in [2.75, 3.05) is 6.61 Å². The van der Waals surface area contributed by atoms with E-state index in [1.807, 2.05) is 6.92 Å². The van der Waals surface area contributed by atoms with E-state index in [-0.39, 0.29) is 4.90 Å². The minimum Gasteiger partial charge on any atom is -0.494 e. The maximum absolute atomic E-state index is 10.5. The molecule has 0 amide bonds. The molecule has 3 aromatic carbocycles. The van der Waals surface area contributed by atoms with Gasteiger partial charge in [-0.25, -0.2) is 0 Å². The lowest BCUT2D eigenvalue weighted by Gasteiger charge is -2.08. The Morgan fingerprint density at radius 2 is 1.09 bits per heavy atom. The molecule has 0 heterocycles. The molecule has 6 heteroatoms. The van der Waals surface area contributed by atoms with Gasteiger partial charge in [-0.15, -0.1) is 0 Å². The zero-order valence-electron chi connectivity index (χ0n) is 26.4. The summed E-state index contributed by atoms with van der Waals surface area (Å²) in [6.45, 7) is 4.97. The molecule has 238 valence electrons. The average Bonchev–Trinajstić information content (AvgIpc) is 2.99. The molecular weight excluding hydrogens is 667 g/mol. The molecule has 0 spiro atoms. The van der Waals surface area contributed by atoms with Crippen LogP contribution in [0.3, 0.4) is 0 Å². The molecule has 0 atom stereocenters. The highest BCUT2D eigenvalue weighted by atomic mass is 127. The summed E-state index contributed by atoms with van der Waals surface area (Å²) in [5.74, 6) is 0.987. The maximum atomic E-state index is 10.5. The van der Waals surface area contributed by atoms with Crippen LogP contribution in [0.4, 0.5) is 0 Å². The van der Waals surface area contributed by atoms with E-state index in [1.165, 1.54) is 123 Å². The maximum Gasteiger partial charge on any atom is 0.294 e. The summed E-state index contributed by atoms with van der Waals surface area (Å²) in [7, 11) is -4.02. The predicted octanol–water partition coefficient (Wildman–Crippen LogP) is 11.8. The SMILES string of the molecule is CCCCCCCCCCCCCCCCCCOc1ccc(-c2ccccc2I)cc1.Cc1ccc(S(=O)(=O)O)cc1. The van der Waals surface area contributed by atoms with E-state index in [9.17, 15) is 8.42 Å². The summed E-state index contributed by atoms with van der Waals surface area (Å²) in [6.07, 6.45) is 22.5. The first-order valence-electron chi connectivity index (χ1n) is 16.3. The molecule has 3 aromatic rings. The van der Waals surface area contributed by atoms with Crippen LogP contribution in [-0.2, 0) is 10.1 Å². The zero-order chi connectivity index (χ0) is 31.2. The monoisotopic (exact) mass is 720 g/mol. The van der Waals surface area contributed by atoms with Gasteiger partial charge in [0.1, 0.15) is 5.75 Å².